The van der Waals surface area contributed by atoms with Crippen LogP contribution in [0.3, 0.4) is 0 Å². The Balaban J connectivity index is 2.04. The predicted molar refractivity (Wildman–Crippen MR) is 75.0 cm³/mol. The van der Waals surface area contributed by atoms with Gasteiger partial charge in [0, 0.05) is 18.8 Å². The van der Waals surface area contributed by atoms with Crippen LogP contribution >= 0.6 is 0 Å². The molecule has 0 spiro atoms. The number of nitrogens with zero attached hydrogens (tertiary/aromatic N) is 3. The first-order valence-corrected chi connectivity index (χ1v) is 6.38. The van der Waals surface area contributed by atoms with Gasteiger partial charge in [-0.15, -0.1) is 10.2 Å². The van der Waals surface area contributed by atoms with Crippen molar-refractivity contribution in [3.8, 4) is 5.75 Å². The van der Waals surface area contributed by atoms with Crippen molar-refractivity contribution in [2.75, 3.05) is 17.6 Å². The van der Waals surface area contributed by atoms with E-state index < -0.39 is 0 Å². The van der Waals surface area contributed by atoms with Crippen LogP contribution in [0.5, 0.6) is 5.75 Å². The van der Waals surface area contributed by atoms with Gasteiger partial charge in [-0.3, -0.25) is 4.57 Å². The number of nitrogens with one attached hydrogen (secondary N) is 1. The first kappa shape index (κ1) is 13.2. The number of hydrogen-bond acceptors (Lipinski definition) is 5. The summed E-state index contributed by atoms with van der Waals surface area (Å²) in [7, 11) is 0. The maximum absolute atomic E-state index is 5.67. The molecule has 0 saturated heterocycles. The van der Waals surface area contributed by atoms with E-state index in [2.05, 4.69) is 22.4 Å². The van der Waals surface area contributed by atoms with Crippen molar-refractivity contribution in [2.24, 2.45) is 0 Å². The molecule has 0 atom stereocenters. The van der Waals surface area contributed by atoms with Crippen molar-refractivity contribution in [1.29, 1.82) is 0 Å². The second kappa shape index (κ2) is 6.08. The highest BCUT2D eigenvalue weighted by molar-refractivity contribution is 5.41. The highest BCUT2D eigenvalue weighted by Crippen LogP contribution is 2.15. The van der Waals surface area contributed by atoms with Gasteiger partial charge in [0.25, 0.3) is 0 Å². The third kappa shape index (κ3) is 3.15. The highest BCUT2D eigenvalue weighted by atomic mass is 16.5. The molecule has 1 aromatic carbocycles. The molecule has 6 heteroatoms. The zero-order valence-corrected chi connectivity index (χ0v) is 11.3. The third-order valence-electron chi connectivity index (χ3n) is 2.73. The van der Waals surface area contributed by atoms with E-state index in [4.69, 9.17) is 10.5 Å². The number of nitrogen functional groups attached to an aromatic ring is 1. The van der Waals surface area contributed by atoms with Gasteiger partial charge in [-0.05, 0) is 38.1 Å². The number of ether oxygens (including phenoxy) is 1. The molecule has 2 rings (SSSR count). The summed E-state index contributed by atoms with van der Waals surface area (Å²) in [5.74, 6) is 2.35. The highest BCUT2D eigenvalue weighted by Gasteiger charge is 2.10. The van der Waals surface area contributed by atoms with Gasteiger partial charge in [-0.2, -0.15) is 0 Å². The van der Waals surface area contributed by atoms with Gasteiger partial charge < -0.3 is 15.8 Å². The molecular weight excluding hydrogens is 242 g/mol. The number of aromatic nitrogens is 3. The molecule has 0 bridgehead atoms. The number of hydrogen-bond donors (Lipinski definition) is 2. The van der Waals surface area contributed by atoms with Crippen LogP contribution in [0.15, 0.2) is 24.3 Å². The molecular formula is C13H19N5O. The third-order valence-corrected chi connectivity index (χ3v) is 2.73. The standard InChI is InChI=1S/C13H19N5O/c1-3-15-13-17-16-12(18(13)4-2)9-19-11-7-5-10(14)6-8-11/h5-8H,3-4,9,14H2,1-2H3,(H,15,17). The molecule has 0 unspecified atom stereocenters. The fourth-order valence-electron chi connectivity index (χ4n) is 1.78. The molecule has 1 aromatic heterocycles. The summed E-state index contributed by atoms with van der Waals surface area (Å²) < 4.78 is 7.68. The Labute approximate surface area is 112 Å². The second-order valence-corrected chi connectivity index (χ2v) is 4.07. The van der Waals surface area contributed by atoms with Crippen molar-refractivity contribution in [2.45, 2.75) is 27.0 Å². The van der Waals surface area contributed by atoms with Crippen LogP contribution in [0.1, 0.15) is 19.7 Å². The van der Waals surface area contributed by atoms with Crippen LogP contribution in [0.2, 0.25) is 0 Å². The maximum atomic E-state index is 5.67. The van der Waals surface area contributed by atoms with Crippen LogP contribution in [-0.4, -0.2) is 21.3 Å². The van der Waals surface area contributed by atoms with Crippen molar-refractivity contribution in [3.05, 3.63) is 30.1 Å². The van der Waals surface area contributed by atoms with Crippen LogP contribution in [-0.2, 0) is 13.2 Å². The SMILES string of the molecule is CCNc1nnc(COc2ccc(N)cc2)n1CC. The molecule has 0 amide bonds. The molecule has 19 heavy (non-hydrogen) atoms. The Kier molecular flexibility index (Phi) is 4.22. The van der Waals surface area contributed by atoms with E-state index in [0.717, 1.165) is 36.3 Å². The molecule has 0 aliphatic carbocycles. The molecule has 0 aliphatic heterocycles. The fourth-order valence-corrected chi connectivity index (χ4v) is 1.78. The molecule has 1 heterocycles. The van der Waals surface area contributed by atoms with Gasteiger partial charge in [0.1, 0.15) is 12.4 Å². The summed E-state index contributed by atoms with van der Waals surface area (Å²) in [6, 6.07) is 7.30. The lowest BCUT2D eigenvalue weighted by Gasteiger charge is -2.09. The summed E-state index contributed by atoms with van der Waals surface area (Å²) in [6.45, 7) is 6.08. The smallest absolute Gasteiger partial charge is 0.224 e. The summed E-state index contributed by atoms with van der Waals surface area (Å²) in [5, 5.41) is 11.4. The van der Waals surface area contributed by atoms with Crippen molar-refractivity contribution in [3.63, 3.8) is 0 Å². The maximum Gasteiger partial charge on any atom is 0.224 e. The quantitative estimate of drug-likeness (QED) is 0.776. The van der Waals surface area contributed by atoms with Crippen LogP contribution < -0.4 is 15.8 Å². The van der Waals surface area contributed by atoms with Crippen LogP contribution in [0.4, 0.5) is 11.6 Å². The summed E-state index contributed by atoms with van der Waals surface area (Å²) >= 11 is 0. The lowest BCUT2D eigenvalue weighted by Crippen LogP contribution is -2.10. The molecule has 2 aromatic rings. The van der Waals surface area contributed by atoms with Gasteiger partial charge >= 0.3 is 0 Å². The molecule has 3 N–H and O–H groups in total. The Morgan fingerprint density at radius 1 is 1.21 bits per heavy atom. The van der Waals surface area contributed by atoms with Gasteiger partial charge in [-0.25, -0.2) is 0 Å². The summed E-state index contributed by atoms with van der Waals surface area (Å²) in [4.78, 5) is 0. The molecule has 102 valence electrons. The van der Waals surface area contributed by atoms with Gasteiger partial charge in [0.15, 0.2) is 5.82 Å². The normalized spacial score (nSPS) is 10.4. The van der Waals surface area contributed by atoms with E-state index in [1.807, 2.05) is 35.8 Å². The van der Waals surface area contributed by atoms with E-state index >= 15 is 0 Å². The van der Waals surface area contributed by atoms with E-state index in [0.29, 0.717) is 6.61 Å². The topological polar surface area (TPSA) is 78.0 Å². The van der Waals surface area contributed by atoms with Crippen LogP contribution in [0.25, 0.3) is 0 Å². The minimum absolute atomic E-state index is 0.385. The van der Waals surface area contributed by atoms with Crippen molar-refractivity contribution < 1.29 is 4.74 Å². The average molecular weight is 261 g/mol. The second-order valence-electron chi connectivity index (χ2n) is 4.07. The fraction of sp³-hybridized carbons (Fsp3) is 0.385. The molecule has 0 aliphatic rings. The Hall–Kier alpha value is -2.24. The monoisotopic (exact) mass is 261 g/mol. The Morgan fingerprint density at radius 3 is 2.58 bits per heavy atom. The van der Waals surface area contributed by atoms with E-state index in [1.54, 1.807) is 0 Å². The summed E-state index contributed by atoms with van der Waals surface area (Å²) in [5.41, 5.74) is 6.35. The molecule has 0 fully saturated rings. The molecule has 0 saturated carbocycles. The Morgan fingerprint density at radius 2 is 1.95 bits per heavy atom. The summed E-state index contributed by atoms with van der Waals surface area (Å²) in [6.07, 6.45) is 0. The Bertz CT molecular complexity index is 520. The lowest BCUT2D eigenvalue weighted by atomic mass is 10.3. The van der Waals surface area contributed by atoms with Gasteiger partial charge in [0.2, 0.25) is 5.95 Å². The zero-order valence-electron chi connectivity index (χ0n) is 11.3. The van der Waals surface area contributed by atoms with E-state index in [1.165, 1.54) is 0 Å². The van der Waals surface area contributed by atoms with Crippen LogP contribution in [0, 0.1) is 0 Å². The lowest BCUT2D eigenvalue weighted by molar-refractivity contribution is 0.289. The van der Waals surface area contributed by atoms with E-state index in [9.17, 15) is 0 Å². The molecule has 6 nitrogen and oxygen atoms in total. The first-order chi connectivity index (χ1) is 9.24. The minimum Gasteiger partial charge on any atom is -0.486 e. The number of benzene rings is 1. The van der Waals surface area contributed by atoms with Gasteiger partial charge in [0.05, 0.1) is 0 Å². The minimum atomic E-state index is 0.385. The predicted octanol–water partition coefficient (Wildman–Crippen LogP) is 1.89. The van der Waals surface area contributed by atoms with Crippen molar-refractivity contribution >= 4 is 11.6 Å². The first-order valence-electron chi connectivity index (χ1n) is 6.38. The largest absolute Gasteiger partial charge is 0.486 e. The number of nitrogens with two attached hydrogens (primary N) is 1. The zero-order chi connectivity index (χ0) is 13.7. The van der Waals surface area contributed by atoms with Gasteiger partial charge in [-0.1, -0.05) is 0 Å². The number of rotatable bonds is 6. The number of anilines is 2. The molecule has 0 radical (unpaired) electrons. The average Bonchev–Trinajstić information content (AvgIpc) is 2.81. The van der Waals surface area contributed by atoms with E-state index in [-0.39, 0.29) is 0 Å². The van der Waals surface area contributed by atoms with Crippen molar-refractivity contribution in [1.82, 2.24) is 14.8 Å².